The summed E-state index contributed by atoms with van der Waals surface area (Å²) in [7, 11) is 0. The summed E-state index contributed by atoms with van der Waals surface area (Å²) in [4.78, 5) is 91.8. The number of nitrogens with one attached hydrogen (secondary N) is 7. The molecule has 0 unspecified atom stereocenters. The highest BCUT2D eigenvalue weighted by molar-refractivity contribution is 7.99. The number of aliphatic carboxylic acids is 1. The third kappa shape index (κ3) is 22.0. The number of nitrogen functional groups attached to an aromatic ring is 1. The van der Waals surface area contributed by atoms with Gasteiger partial charge >= 0.3 is 5.97 Å². The molecule has 32 heteroatoms. The molecule has 0 atom stereocenters. The van der Waals surface area contributed by atoms with Gasteiger partial charge in [0.2, 0.25) is 47.6 Å². The van der Waals surface area contributed by atoms with Crippen molar-refractivity contribution in [2.24, 2.45) is 5.73 Å². The van der Waals surface area contributed by atoms with Gasteiger partial charge in [0.25, 0.3) is 0 Å². The Kier molecular flexibility index (Phi) is 24.8. The van der Waals surface area contributed by atoms with E-state index in [1.54, 1.807) is 18.7 Å². The number of nitrogens with two attached hydrogens (primary N) is 2. The van der Waals surface area contributed by atoms with Crippen molar-refractivity contribution in [2.75, 3.05) is 113 Å². The fourth-order valence-electron chi connectivity index (χ4n) is 6.80. The highest BCUT2D eigenvalue weighted by Crippen LogP contribution is 2.17. The van der Waals surface area contributed by atoms with Gasteiger partial charge in [0.1, 0.15) is 47.1 Å². The minimum Gasteiger partial charge on any atom is -0.481 e. The highest BCUT2D eigenvalue weighted by atomic mass is 32.2. The molecule has 6 heterocycles. The van der Waals surface area contributed by atoms with Crippen LogP contribution in [0.5, 0.6) is 0 Å². The number of anilines is 8. The number of carboxylic acids is 1. The predicted molar refractivity (Wildman–Crippen MR) is 296 cm³/mol. The molecule has 0 aliphatic rings. The van der Waals surface area contributed by atoms with Crippen molar-refractivity contribution in [1.82, 2.24) is 89.7 Å². The summed E-state index contributed by atoms with van der Waals surface area (Å²) in [5.41, 5.74) is 11.6. The zero-order valence-electron chi connectivity index (χ0n) is 43.0. The van der Waals surface area contributed by atoms with Crippen LogP contribution in [0.2, 0.25) is 0 Å². The summed E-state index contributed by atoms with van der Waals surface area (Å²) in [5, 5.41) is 33.1. The molecule has 12 N–H and O–H groups in total. The van der Waals surface area contributed by atoms with Crippen LogP contribution < -0.4 is 48.7 Å². The number of thiol groups is 1. The van der Waals surface area contributed by atoms with Gasteiger partial charge in [-0.25, -0.2) is 24.9 Å². The molecule has 408 valence electrons. The van der Waals surface area contributed by atoms with Crippen LogP contribution in [-0.2, 0) is 36.9 Å². The first-order valence-corrected chi connectivity index (χ1v) is 27.7. The monoisotopic (exact) mass is 1100 g/mol. The van der Waals surface area contributed by atoms with Gasteiger partial charge in [0, 0.05) is 96.0 Å². The van der Waals surface area contributed by atoms with Crippen LogP contribution in [0.25, 0.3) is 0 Å². The number of aromatic nitrogens is 18. The first kappa shape index (κ1) is 58.2. The summed E-state index contributed by atoms with van der Waals surface area (Å²) >= 11 is 7.42. The second-order valence-electron chi connectivity index (χ2n) is 16.5. The van der Waals surface area contributed by atoms with Crippen LogP contribution in [0.3, 0.4) is 0 Å². The lowest BCUT2D eigenvalue weighted by Crippen LogP contribution is -2.16. The van der Waals surface area contributed by atoms with Gasteiger partial charge in [-0.1, -0.05) is 30.4 Å². The molecular formula is C44H67N27O2S3. The fraction of sp³-hybridized carbons (Fsp3) is 0.568. The third-order valence-electron chi connectivity index (χ3n) is 10.1. The molecule has 0 aliphatic carbocycles. The van der Waals surface area contributed by atoms with E-state index in [2.05, 4.69) is 137 Å². The molecule has 0 aliphatic heterocycles. The molecule has 0 spiro atoms. The topological polar surface area (TPSA) is 406 Å². The molecule has 76 heavy (non-hydrogen) atoms. The predicted octanol–water partition coefficient (Wildman–Crippen LogP) is 2.61. The summed E-state index contributed by atoms with van der Waals surface area (Å²) in [6, 6.07) is 0. The van der Waals surface area contributed by atoms with E-state index in [0.717, 1.165) is 12.2 Å². The minimum absolute atomic E-state index is 0.0857. The third-order valence-corrected chi connectivity index (χ3v) is 12.0. The van der Waals surface area contributed by atoms with Gasteiger partial charge in [-0.05, 0) is 51.7 Å². The van der Waals surface area contributed by atoms with E-state index in [1.165, 1.54) is 18.1 Å². The molecule has 6 rings (SSSR count). The van der Waals surface area contributed by atoms with Crippen molar-refractivity contribution in [2.45, 2.75) is 102 Å². The molecular weight excluding hydrogens is 1030 g/mol. The van der Waals surface area contributed by atoms with E-state index in [-0.39, 0.29) is 24.9 Å². The van der Waals surface area contributed by atoms with E-state index >= 15 is 0 Å². The van der Waals surface area contributed by atoms with Gasteiger partial charge in [-0.3, -0.25) is 4.79 Å². The lowest BCUT2D eigenvalue weighted by atomic mass is 10.3. The maximum Gasteiger partial charge on any atom is 0.305 e. The normalized spacial score (nSPS) is 11.1. The molecule has 29 nitrogen and oxygen atoms in total. The molecule has 0 bridgehead atoms. The number of carboxylic acid groups (broad SMARTS) is 1. The van der Waals surface area contributed by atoms with Crippen LogP contribution in [0.15, 0.2) is 16.6 Å². The van der Waals surface area contributed by atoms with Crippen LogP contribution in [-0.4, -0.2) is 170 Å². The molecule has 0 saturated heterocycles. The van der Waals surface area contributed by atoms with Crippen molar-refractivity contribution >= 4 is 89.7 Å². The van der Waals surface area contributed by atoms with Crippen molar-refractivity contribution in [3.63, 3.8) is 0 Å². The highest BCUT2D eigenvalue weighted by Gasteiger charge is 2.13. The van der Waals surface area contributed by atoms with Crippen LogP contribution >= 0.6 is 36.2 Å². The van der Waals surface area contributed by atoms with Crippen molar-refractivity contribution in [3.05, 3.63) is 47.1 Å². The molecule has 0 fully saturated rings. The number of hydrogen-bond donors (Lipinski definition) is 11. The Morgan fingerprint density at radius 3 is 1.45 bits per heavy atom. The number of thioether (sulfide) groups is 2. The second-order valence-corrected chi connectivity index (χ2v) is 19.2. The minimum atomic E-state index is -0.928. The first-order chi connectivity index (χ1) is 37.0. The zero-order valence-corrected chi connectivity index (χ0v) is 45.5. The van der Waals surface area contributed by atoms with Crippen LogP contribution in [0.4, 0.5) is 47.6 Å². The SMILES string of the molecule is CCSc1nc(C)nc(NCCCc2nc(NCCCc3nc(NCCS)nc(NCCCc4ncnc(NCCCc5nc(NCCCc6nc(C)nc(N)n6)nc(NCCC(=O)O)n5)n4)n3)nc(SCCN)n2)n1. The molecule has 6 aromatic heterocycles. The molecule has 0 aromatic carbocycles. The van der Waals surface area contributed by atoms with Crippen molar-refractivity contribution in [1.29, 1.82) is 0 Å². The number of nitrogens with zero attached hydrogens (tertiary/aromatic N) is 18. The Morgan fingerprint density at radius 1 is 0.500 bits per heavy atom. The lowest BCUT2D eigenvalue weighted by Gasteiger charge is -2.11. The van der Waals surface area contributed by atoms with E-state index in [4.69, 9.17) is 26.5 Å². The van der Waals surface area contributed by atoms with E-state index in [1.807, 2.05) is 6.92 Å². The summed E-state index contributed by atoms with van der Waals surface area (Å²) < 4.78 is 0. The Balaban J connectivity index is 0.939. The number of rotatable bonds is 37. The summed E-state index contributed by atoms with van der Waals surface area (Å²) in [6.07, 6.45) is 7.80. The van der Waals surface area contributed by atoms with Gasteiger partial charge in [-0.2, -0.15) is 77.4 Å². The average Bonchev–Trinajstić information content (AvgIpc) is 3.39. The van der Waals surface area contributed by atoms with E-state index in [9.17, 15) is 4.79 Å². The van der Waals surface area contributed by atoms with Gasteiger partial charge in [-0.15, -0.1) is 0 Å². The van der Waals surface area contributed by atoms with Crippen LogP contribution in [0, 0.1) is 13.8 Å². The Morgan fingerprint density at radius 2 is 0.934 bits per heavy atom. The van der Waals surface area contributed by atoms with Crippen molar-refractivity contribution < 1.29 is 9.90 Å². The first-order valence-electron chi connectivity index (χ1n) is 25.1. The Bertz CT molecular complexity index is 2710. The number of hydrogen-bond acceptors (Lipinski definition) is 31. The smallest absolute Gasteiger partial charge is 0.305 e. The maximum atomic E-state index is 11.1. The number of carbonyl (C=O) groups is 1. The lowest BCUT2D eigenvalue weighted by molar-refractivity contribution is -0.136. The fourth-order valence-corrected chi connectivity index (χ4v) is 8.14. The Hall–Kier alpha value is -7.06. The molecule has 6 aromatic rings. The average molecular weight is 1100 g/mol. The number of aryl methyl sites for hydroxylation is 7. The maximum absolute atomic E-state index is 11.1. The van der Waals surface area contributed by atoms with Crippen LogP contribution in [0.1, 0.15) is 86.2 Å². The van der Waals surface area contributed by atoms with Gasteiger partial charge in [0.15, 0.2) is 10.3 Å². The zero-order chi connectivity index (χ0) is 53.7. The Labute approximate surface area is 454 Å². The summed E-state index contributed by atoms with van der Waals surface area (Å²) in [6.45, 7) is 9.81. The van der Waals surface area contributed by atoms with E-state index in [0.29, 0.717) is 202 Å². The van der Waals surface area contributed by atoms with Crippen molar-refractivity contribution in [3.8, 4) is 0 Å². The van der Waals surface area contributed by atoms with E-state index < -0.39 is 5.97 Å². The second kappa shape index (κ2) is 32.4. The molecule has 0 saturated carbocycles. The quantitative estimate of drug-likeness (QED) is 0.0152. The molecule has 0 amide bonds. The standard InChI is InChI=1S/C44H67N27O2S3/c1-4-75-43-59-28(3)58-37(70-43)48-19-9-14-33-66-42(71-44(67-33)76-25-16-45)51-21-8-13-32-63-39(69-41(65-32)53-23-24-74)49-18-5-10-29-54-26-55-36(61-29)47-17-7-12-31-62-38(68-40(64-31)52-22-15-34(72)73)50-20-6-11-30-56-27(2)57-35(46)60-30/h26,74H,4-25,45H2,1-3H3,(H,72,73)(H2,46,56,57,60)(H,47,54,55,61)(H,48,58,59,70)(H,51,66,67,71)(H2,49,53,63,65,69)(H2,50,52,62,64,68). The van der Waals surface area contributed by atoms with Gasteiger partial charge < -0.3 is 53.8 Å². The molecule has 0 radical (unpaired) electrons. The summed E-state index contributed by atoms with van der Waals surface area (Å²) in [5.74, 6) is 8.90. The van der Waals surface area contributed by atoms with Gasteiger partial charge in [0.05, 0.1) is 6.42 Å². The largest absolute Gasteiger partial charge is 0.481 e.